The molecule has 2 atom stereocenters. The topological polar surface area (TPSA) is 40.5 Å². The summed E-state index contributed by atoms with van der Waals surface area (Å²) in [6.07, 6.45) is -2.51. The van der Waals surface area contributed by atoms with Crippen LogP contribution in [0.5, 0.6) is 0 Å². The van der Waals surface area contributed by atoms with Crippen molar-refractivity contribution in [1.29, 1.82) is 5.41 Å². The third kappa shape index (κ3) is 3.94. The van der Waals surface area contributed by atoms with E-state index in [2.05, 4.69) is 22.6 Å². The molecule has 1 aliphatic rings. The standard InChI is InChI=1S/C11H16F3IN2/c1-6-4-3-5-8(9(6)17-7(2)15)10(16)11(12,13)14/h6-7,16-17H,3-5H2,1-2H3/p+1. The molecular formula is C11H17F3IN2+. The van der Waals surface area contributed by atoms with Crippen molar-refractivity contribution in [2.24, 2.45) is 5.92 Å². The van der Waals surface area contributed by atoms with Crippen molar-refractivity contribution in [3.63, 3.8) is 0 Å². The molecule has 0 bridgehead atoms. The highest BCUT2D eigenvalue weighted by Crippen LogP contribution is 2.31. The van der Waals surface area contributed by atoms with E-state index in [1.165, 1.54) is 0 Å². The molecule has 98 valence electrons. The largest absolute Gasteiger partial charge is 0.433 e. The van der Waals surface area contributed by atoms with Crippen LogP contribution in [0.1, 0.15) is 33.1 Å². The maximum absolute atomic E-state index is 12.6. The van der Waals surface area contributed by atoms with Crippen molar-refractivity contribution in [1.82, 2.24) is 0 Å². The predicted octanol–water partition coefficient (Wildman–Crippen LogP) is 2.99. The van der Waals surface area contributed by atoms with E-state index in [0.29, 0.717) is 6.42 Å². The van der Waals surface area contributed by atoms with Gasteiger partial charge in [-0.2, -0.15) is 13.2 Å². The van der Waals surface area contributed by atoms with Gasteiger partial charge in [-0.25, -0.2) is 0 Å². The summed E-state index contributed by atoms with van der Waals surface area (Å²) >= 11 is 2.17. The first kappa shape index (κ1) is 14.9. The third-order valence-corrected chi connectivity index (χ3v) is 3.30. The molecule has 0 amide bonds. The van der Waals surface area contributed by atoms with E-state index >= 15 is 0 Å². The Kier molecular flexibility index (Phi) is 5.00. The van der Waals surface area contributed by atoms with Gasteiger partial charge in [0.25, 0.3) is 0 Å². The highest BCUT2D eigenvalue weighted by Gasteiger charge is 2.40. The predicted molar refractivity (Wildman–Crippen MR) is 69.2 cm³/mol. The highest BCUT2D eigenvalue weighted by atomic mass is 127. The van der Waals surface area contributed by atoms with Crippen LogP contribution < -0.4 is 5.32 Å². The van der Waals surface area contributed by atoms with Crippen molar-refractivity contribution < 1.29 is 18.5 Å². The van der Waals surface area contributed by atoms with Crippen LogP contribution in [0.2, 0.25) is 0 Å². The quantitative estimate of drug-likeness (QED) is 0.336. The molecule has 17 heavy (non-hydrogen) atoms. The lowest BCUT2D eigenvalue weighted by Gasteiger charge is -2.25. The fraction of sp³-hybridized carbons (Fsp3) is 0.727. The number of nitrogens with two attached hydrogens (primary N) is 1. The minimum Gasteiger partial charge on any atom is -0.307 e. The van der Waals surface area contributed by atoms with Gasteiger partial charge in [-0.1, -0.05) is 6.92 Å². The molecule has 0 saturated heterocycles. The monoisotopic (exact) mass is 361 g/mol. The Balaban J connectivity index is 3.07. The Morgan fingerprint density at radius 3 is 2.59 bits per heavy atom. The highest BCUT2D eigenvalue weighted by molar-refractivity contribution is 14.1. The molecule has 0 spiro atoms. The maximum Gasteiger partial charge on any atom is 0.433 e. The summed E-state index contributed by atoms with van der Waals surface area (Å²) in [5, 5.41) is 9.16. The van der Waals surface area contributed by atoms with Crippen molar-refractivity contribution >= 4 is 28.3 Å². The number of quaternary nitrogens is 1. The van der Waals surface area contributed by atoms with E-state index < -0.39 is 11.9 Å². The van der Waals surface area contributed by atoms with E-state index in [4.69, 9.17) is 5.41 Å². The molecule has 6 heteroatoms. The normalized spacial score (nSPS) is 23.8. The zero-order valence-corrected chi connectivity index (χ0v) is 12.0. The first-order chi connectivity index (χ1) is 7.73. The van der Waals surface area contributed by atoms with Crippen molar-refractivity contribution in [3.8, 4) is 0 Å². The molecule has 0 aromatic heterocycles. The van der Waals surface area contributed by atoms with Gasteiger partial charge < -0.3 is 5.32 Å². The average molecular weight is 361 g/mol. The minimum absolute atomic E-state index is 0.124. The summed E-state index contributed by atoms with van der Waals surface area (Å²) in [5.41, 5.74) is -0.243. The van der Waals surface area contributed by atoms with Crippen LogP contribution >= 0.6 is 22.6 Å². The Morgan fingerprint density at radius 2 is 2.12 bits per heavy atom. The average Bonchev–Trinajstić information content (AvgIpc) is 2.18. The Morgan fingerprint density at radius 1 is 1.53 bits per heavy atom. The summed E-state index contributed by atoms with van der Waals surface area (Å²) in [7, 11) is 0. The molecule has 2 nitrogen and oxygen atoms in total. The summed E-state index contributed by atoms with van der Waals surface area (Å²) < 4.78 is 38.0. The molecule has 0 aliphatic heterocycles. The van der Waals surface area contributed by atoms with E-state index in [9.17, 15) is 13.2 Å². The van der Waals surface area contributed by atoms with Gasteiger partial charge in [0, 0.05) is 11.5 Å². The van der Waals surface area contributed by atoms with Gasteiger partial charge in [-0.3, -0.25) is 5.41 Å². The van der Waals surface area contributed by atoms with E-state index in [-0.39, 0.29) is 15.5 Å². The van der Waals surface area contributed by atoms with Crippen LogP contribution in [0.4, 0.5) is 13.2 Å². The number of allylic oxidation sites excluding steroid dienone is 2. The first-order valence-corrected chi connectivity index (χ1v) is 6.86. The number of hydrogen-bond donors (Lipinski definition) is 2. The molecule has 1 rings (SSSR count). The van der Waals surface area contributed by atoms with Crippen molar-refractivity contribution in [2.45, 2.75) is 43.3 Å². The smallest absolute Gasteiger partial charge is 0.307 e. The number of hydrogen-bond acceptors (Lipinski definition) is 1. The molecule has 3 N–H and O–H groups in total. The summed E-state index contributed by atoms with van der Waals surface area (Å²) in [6.45, 7) is 3.87. The number of rotatable bonds is 3. The third-order valence-electron chi connectivity index (χ3n) is 2.94. The number of nitrogens with one attached hydrogen (secondary N) is 1. The minimum atomic E-state index is -4.53. The lowest BCUT2D eigenvalue weighted by Crippen LogP contribution is -2.87. The molecule has 0 aromatic rings. The van der Waals surface area contributed by atoms with E-state index in [1.54, 1.807) is 0 Å². The fourth-order valence-electron chi connectivity index (χ4n) is 2.14. The van der Waals surface area contributed by atoms with Gasteiger partial charge in [0.2, 0.25) is 0 Å². The lowest BCUT2D eigenvalue weighted by atomic mass is 9.85. The van der Waals surface area contributed by atoms with Crippen LogP contribution in [0.25, 0.3) is 0 Å². The second kappa shape index (κ2) is 5.69. The Labute approximate surface area is 113 Å². The summed E-state index contributed by atoms with van der Waals surface area (Å²) in [4.78, 5) is 0. The number of halogens is 4. The van der Waals surface area contributed by atoms with Crippen molar-refractivity contribution in [2.75, 3.05) is 0 Å². The van der Waals surface area contributed by atoms with Gasteiger partial charge in [-0.15, -0.1) is 0 Å². The Hall–Kier alpha value is -0.110. The van der Waals surface area contributed by atoms with Crippen LogP contribution in [-0.2, 0) is 0 Å². The maximum atomic E-state index is 12.6. The molecule has 0 fully saturated rings. The zero-order valence-electron chi connectivity index (χ0n) is 9.87. The van der Waals surface area contributed by atoms with Gasteiger partial charge in [0.15, 0.2) is 0 Å². The molecule has 1 aliphatic carbocycles. The summed E-state index contributed by atoms with van der Waals surface area (Å²) in [6, 6.07) is 0. The zero-order chi connectivity index (χ0) is 13.2. The second-order valence-corrected chi connectivity index (χ2v) is 6.41. The molecule has 0 saturated carbocycles. The van der Waals surface area contributed by atoms with Gasteiger partial charge in [-0.05, 0) is 48.8 Å². The molecule has 2 unspecified atom stereocenters. The van der Waals surface area contributed by atoms with Gasteiger partial charge >= 0.3 is 6.18 Å². The van der Waals surface area contributed by atoms with Gasteiger partial charge in [0.1, 0.15) is 15.5 Å². The van der Waals surface area contributed by atoms with Crippen LogP contribution in [0.15, 0.2) is 11.3 Å². The van der Waals surface area contributed by atoms with E-state index in [1.807, 2.05) is 19.2 Å². The molecule has 0 radical (unpaired) electrons. The second-order valence-electron chi connectivity index (χ2n) is 4.44. The van der Waals surface area contributed by atoms with Crippen molar-refractivity contribution in [3.05, 3.63) is 11.3 Å². The number of alkyl halides is 4. The molecule has 0 aromatic carbocycles. The van der Waals surface area contributed by atoms with Crippen LogP contribution in [0.3, 0.4) is 0 Å². The SMILES string of the molecule is CC(I)[NH2+]C1=C(C(=N)C(F)(F)F)CCCC1C. The van der Waals surface area contributed by atoms with Crippen LogP contribution in [-0.4, -0.2) is 15.9 Å². The lowest BCUT2D eigenvalue weighted by molar-refractivity contribution is -0.618. The Bertz CT molecular complexity index is 334. The van der Waals surface area contributed by atoms with Gasteiger partial charge in [0.05, 0.1) is 0 Å². The fourth-order valence-corrected chi connectivity index (χ4v) is 2.52. The first-order valence-electron chi connectivity index (χ1n) is 5.61. The van der Waals surface area contributed by atoms with E-state index in [0.717, 1.165) is 18.5 Å². The summed E-state index contributed by atoms with van der Waals surface area (Å²) in [5.74, 6) is 0.124. The van der Waals surface area contributed by atoms with Crippen LogP contribution in [0, 0.1) is 11.3 Å². The molecular weight excluding hydrogens is 344 g/mol. The molecule has 0 heterocycles.